The summed E-state index contributed by atoms with van der Waals surface area (Å²) in [6.07, 6.45) is 1.31. The predicted octanol–water partition coefficient (Wildman–Crippen LogP) is 1.49. The van der Waals surface area contributed by atoms with Crippen LogP contribution >= 0.6 is 0 Å². The second kappa shape index (κ2) is 5.14. The van der Waals surface area contributed by atoms with Crippen molar-refractivity contribution < 1.29 is 9.90 Å². The number of nitrogens with one attached hydrogen (secondary N) is 1. The Labute approximate surface area is 74.2 Å². The van der Waals surface area contributed by atoms with E-state index < -0.39 is 5.97 Å². The van der Waals surface area contributed by atoms with Crippen LogP contribution in [0.2, 0.25) is 0 Å². The summed E-state index contributed by atoms with van der Waals surface area (Å²) in [5.74, 6) is -0.739. The Hall–Kier alpha value is -0.570. The largest absolute Gasteiger partial charge is 0.481 e. The number of rotatable bonds is 6. The standard InChI is InChI=1S/C9H19NO2/c1-4-9(2,3)7-10-6-5-8(11)12/h10H,4-7H2,1-3H3,(H,11,12). The molecule has 0 saturated heterocycles. The molecule has 2 N–H and O–H groups in total. The van der Waals surface area contributed by atoms with E-state index in [1.54, 1.807) is 0 Å². The van der Waals surface area contributed by atoms with Crippen molar-refractivity contribution in [2.24, 2.45) is 5.41 Å². The third-order valence-corrected chi connectivity index (χ3v) is 2.08. The van der Waals surface area contributed by atoms with Gasteiger partial charge in [-0.1, -0.05) is 20.8 Å². The van der Waals surface area contributed by atoms with E-state index in [1.165, 1.54) is 0 Å². The van der Waals surface area contributed by atoms with E-state index in [9.17, 15) is 4.79 Å². The van der Waals surface area contributed by atoms with Crippen molar-refractivity contribution in [1.82, 2.24) is 5.32 Å². The fourth-order valence-electron chi connectivity index (χ4n) is 0.747. The molecule has 0 rings (SSSR count). The van der Waals surface area contributed by atoms with Gasteiger partial charge in [0.05, 0.1) is 6.42 Å². The summed E-state index contributed by atoms with van der Waals surface area (Å²) in [5.41, 5.74) is 0.276. The molecule has 3 nitrogen and oxygen atoms in total. The molecule has 0 atom stereocenters. The van der Waals surface area contributed by atoms with Crippen LogP contribution in [0.4, 0.5) is 0 Å². The number of hydrogen-bond acceptors (Lipinski definition) is 2. The molecule has 0 fully saturated rings. The van der Waals surface area contributed by atoms with Crippen molar-refractivity contribution in [2.45, 2.75) is 33.6 Å². The smallest absolute Gasteiger partial charge is 0.304 e. The Morgan fingerprint density at radius 3 is 2.50 bits per heavy atom. The molecule has 0 aromatic carbocycles. The summed E-state index contributed by atoms with van der Waals surface area (Å²) in [6, 6.07) is 0. The van der Waals surface area contributed by atoms with Crippen LogP contribution in [0.25, 0.3) is 0 Å². The lowest BCUT2D eigenvalue weighted by Crippen LogP contribution is -2.30. The summed E-state index contributed by atoms with van der Waals surface area (Å²) < 4.78 is 0. The van der Waals surface area contributed by atoms with Crippen LogP contribution in [0.3, 0.4) is 0 Å². The second-order valence-electron chi connectivity index (χ2n) is 3.84. The van der Waals surface area contributed by atoms with Crippen LogP contribution < -0.4 is 5.32 Å². The van der Waals surface area contributed by atoms with E-state index in [0.717, 1.165) is 13.0 Å². The summed E-state index contributed by atoms with van der Waals surface area (Å²) in [7, 11) is 0. The molecule has 3 heteroatoms. The van der Waals surface area contributed by atoms with Gasteiger partial charge in [-0.3, -0.25) is 4.79 Å². The molecule has 0 unspecified atom stereocenters. The Kier molecular flexibility index (Phi) is 4.90. The highest BCUT2D eigenvalue weighted by Gasteiger charge is 2.13. The zero-order valence-electron chi connectivity index (χ0n) is 8.18. The number of carboxylic acid groups (broad SMARTS) is 1. The highest BCUT2D eigenvalue weighted by Crippen LogP contribution is 2.17. The highest BCUT2D eigenvalue weighted by molar-refractivity contribution is 5.66. The average molecular weight is 173 g/mol. The Bertz CT molecular complexity index is 143. The van der Waals surface area contributed by atoms with Gasteiger partial charge >= 0.3 is 5.97 Å². The molecule has 0 aromatic rings. The van der Waals surface area contributed by atoms with Gasteiger partial charge in [0.15, 0.2) is 0 Å². The average Bonchev–Trinajstić information content (AvgIpc) is 1.98. The van der Waals surface area contributed by atoms with Gasteiger partial charge in [0.25, 0.3) is 0 Å². The second-order valence-corrected chi connectivity index (χ2v) is 3.84. The fraction of sp³-hybridized carbons (Fsp3) is 0.889. The van der Waals surface area contributed by atoms with E-state index in [1.807, 2.05) is 0 Å². The van der Waals surface area contributed by atoms with Gasteiger partial charge in [0, 0.05) is 13.1 Å². The minimum absolute atomic E-state index is 0.208. The Morgan fingerprint density at radius 2 is 2.08 bits per heavy atom. The van der Waals surface area contributed by atoms with E-state index >= 15 is 0 Å². The molecule has 0 bridgehead atoms. The topological polar surface area (TPSA) is 49.3 Å². The molecule has 0 aliphatic heterocycles. The molecule has 72 valence electrons. The molecule has 0 aliphatic carbocycles. The minimum Gasteiger partial charge on any atom is -0.481 e. The first-order valence-corrected chi connectivity index (χ1v) is 4.40. The lowest BCUT2D eigenvalue weighted by molar-refractivity contribution is -0.136. The van der Waals surface area contributed by atoms with Gasteiger partial charge in [-0.05, 0) is 11.8 Å². The van der Waals surface area contributed by atoms with Crippen molar-refractivity contribution in [3.63, 3.8) is 0 Å². The van der Waals surface area contributed by atoms with Gasteiger partial charge in [-0.2, -0.15) is 0 Å². The van der Waals surface area contributed by atoms with Crippen LogP contribution in [0.5, 0.6) is 0 Å². The normalized spacial score (nSPS) is 11.6. The van der Waals surface area contributed by atoms with E-state index in [2.05, 4.69) is 26.1 Å². The zero-order chi connectivity index (χ0) is 9.61. The van der Waals surface area contributed by atoms with E-state index in [-0.39, 0.29) is 11.8 Å². The lowest BCUT2D eigenvalue weighted by atomic mass is 9.90. The molecule has 0 saturated carbocycles. The first kappa shape index (κ1) is 11.4. The summed E-state index contributed by atoms with van der Waals surface area (Å²) in [4.78, 5) is 10.2. The molecule has 0 spiro atoms. The molecular weight excluding hydrogens is 154 g/mol. The maximum atomic E-state index is 10.2. The van der Waals surface area contributed by atoms with Crippen molar-refractivity contribution in [2.75, 3.05) is 13.1 Å². The van der Waals surface area contributed by atoms with Crippen LogP contribution in [0.1, 0.15) is 33.6 Å². The fourth-order valence-corrected chi connectivity index (χ4v) is 0.747. The van der Waals surface area contributed by atoms with Gasteiger partial charge in [-0.15, -0.1) is 0 Å². The molecule has 0 radical (unpaired) electrons. The van der Waals surface area contributed by atoms with Crippen molar-refractivity contribution >= 4 is 5.97 Å². The van der Waals surface area contributed by atoms with Gasteiger partial charge in [0.1, 0.15) is 0 Å². The predicted molar refractivity (Wildman–Crippen MR) is 49.2 cm³/mol. The lowest BCUT2D eigenvalue weighted by Gasteiger charge is -2.22. The number of hydrogen-bond donors (Lipinski definition) is 2. The minimum atomic E-state index is -0.739. The van der Waals surface area contributed by atoms with E-state index in [0.29, 0.717) is 6.54 Å². The third-order valence-electron chi connectivity index (χ3n) is 2.08. The van der Waals surface area contributed by atoms with Gasteiger partial charge in [-0.25, -0.2) is 0 Å². The molecule has 0 amide bonds. The first-order valence-electron chi connectivity index (χ1n) is 4.40. The Morgan fingerprint density at radius 1 is 1.50 bits per heavy atom. The molecular formula is C9H19NO2. The highest BCUT2D eigenvalue weighted by atomic mass is 16.4. The van der Waals surface area contributed by atoms with Crippen molar-refractivity contribution in [1.29, 1.82) is 0 Å². The van der Waals surface area contributed by atoms with Crippen LogP contribution in [0.15, 0.2) is 0 Å². The van der Waals surface area contributed by atoms with Crippen LogP contribution in [-0.2, 0) is 4.79 Å². The first-order chi connectivity index (χ1) is 5.48. The maximum absolute atomic E-state index is 10.2. The number of carbonyl (C=O) groups is 1. The zero-order valence-corrected chi connectivity index (χ0v) is 8.18. The SMILES string of the molecule is CCC(C)(C)CNCCC(=O)O. The van der Waals surface area contributed by atoms with Crippen LogP contribution in [0, 0.1) is 5.41 Å². The van der Waals surface area contributed by atoms with Gasteiger partial charge < -0.3 is 10.4 Å². The van der Waals surface area contributed by atoms with Crippen LogP contribution in [-0.4, -0.2) is 24.2 Å². The summed E-state index contributed by atoms with van der Waals surface area (Å²) in [6.45, 7) is 7.93. The summed E-state index contributed by atoms with van der Waals surface area (Å²) >= 11 is 0. The monoisotopic (exact) mass is 173 g/mol. The molecule has 0 aromatic heterocycles. The third kappa shape index (κ3) is 6.16. The molecule has 0 aliphatic rings. The quantitative estimate of drug-likeness (QED) is 0.598. The molecule has 12 heavy (non-hydrogen) atoms. The number of aliphatic carboxylic acids is 1. The Balaban J connectivity index is 3.37. The maximum Gasteiger partial charge on any atom is 0.304 e. The van der Waals surface area contributed by atoms with Gasteiger partial charge in [0.2, 0.25) is 0 Å². The van der Waals surface area contributed by atoms with Crippen molar-refractivity contribution in [3.8, 4) is 0 Å². The van der Waals surface area contributed by atoms with Crippen molar-refractivity contribution in [3.05, 3.63) is 0 Å². The number of carboxylic acids is 1. The molecule has 0 heterocycles. The van der Waals surface area contributed by atoms with E-state index in [4.69, 9.17) is 5.11 Å². The summed E-state index contributed by atoms with van der Waals surface area (Å²) in [5, 5.41) is 11.5.